The number of esters is 2. The number of anilines is 1. The summed E-state index contributed by atoms with van der Waals surface area (Å²) in [6.45, 7) is 0.136. The van der Waals surface area contributed by atoms with Crippen molar-refractivity contribution in [3.8, 4) is 0 Å². The summed E-state index contributed by atoms with van der Waals surface area (Å²) in [5.41, 5.74) is 1.42. The second-order valence-electron chi connectivity index (χ2n) is 6.42. The summed E-state index contributed by atoms with van der Waals surface area (Å²) >= 11 is 1.41. The maximum atomic E-state index is 12.2. The van der Waals surface area contributed by atoms with Gasteiger partial charge in [-0.2, -0.15) is 0 Å². The first-order valence-electron chi connectivity index (χ1n) is 8.91. The van der Waals surface area contributed by atoms with E-state index in [2.05, 4.69) is 5.32 Å². The van der Waals surface area contributed by atoms with E-state index in [1.165, 1.54) is 18.4 Å². The van der Waals surface area contributed by atoms with Gasteiger partial charge in [-0.05, 0) is 44.1 Å². The highest BCUT2D eigenvalue weighted by atomic mass is 32.1. The first-order valence-corrected chi connectivity index (χ1v) is 9.72. The summed E-state index contributed by atoms with van der Waals surface area (Å²) < 4.78 is 15.2. The predicted molar refractivity (Wildman–Crippen MR) is 95.5 cm³/mol. The largest absolute Gasteiger partial charge is 0.465 e. The molecule has 1 amide bonds. The van der Waals surface area contributed by atoms with E-state index in [9.17, 15) is 14.4 Å². The van der Waals surface area contributed by atoms with Gasteiger partial charge in [0.1, 0.15) is 5.00 Å². The average molecular weight is 381 g/mol. The summed E-state index contributed by atoms with van der Waals surface area (Å²) in [5, 5.41) is 3.18. The molecule has 1 aliphatic carbocycles. The van der Waals surface area contributed by atoms with Crippen molar-refractivity contribution in [3.63, 3.8) is 0 Å². The molecule has 1 saturated heterocycles. The average Bonchev–Trinajstić information content (AvgIpc) is 3.22. The van der Waals surface area contributed by atoms with Gasteiger partial charge >= 0.3 is 11.9 Å². The van der Waals surface area contributed by atoms with Gasteiger partial charge < -0.3 is 19.5 Å². The number of nitrogens with one attached hydrogen (secondary N) is 1. The second-order valence-corrected chi connectivity index (χ2v) is 7.52. The summed E-state index contributed by atoms with van der Waals surface area (Å²) in [6.07, 6.45) is 5.77. The van der Waals surface area contributed by atoms with Gasteiger partial charge in [-0.25, -0.2) is 9.59 Å². The zero-order valence-electron chi connectivity index (χ0n) is 14.8. The fraction of sp³-hybridized carbons (Fsp3) is 0.611. The molecule has 0 unspecified atom stereocenters. The molecule has 1 fully saturated rings. The van der Waals surface area contributed by atoms with Gasteiger partial charge in [0.2, 0.25) is 0 Å². The van der Waals surface area contributed by atoms with Crippen LogP contribution in [-0.4, -0.2) is 44.3 Å². The van der Waals surface area contributed by atoms with E-state index < -0.39 is 30.6 Å². The lowest BCUT2D eigenvalue weighted by molar-refractivity contribution is -0.156. The minimum absolute atomic E-state index is 0.401. The zero-order chi connectivity index (χ0) is 18.5. The van der Waals surface area contributed by atoms with E-state index in [1.54, 1.807) is 0 Å². The van der Waals surface area contributed by atoms with Crippen molar-refractivity contribution in [1.82, 2.24) is 0 Å². The van der Waals surface area contributed by atoms with Crippen LogP contribution in [0.2, 0.25) is 0 Å². The molecule has 0 bridgehead atoms. The minimum atomic E-state index is -0.578. The van der Waals surface area contributed by atoms with E-state index in [-0.39, 0.29) is 0 Å². The number of aryl methyl sites for hydroxylation is 1. The Hall–Kier alpha value is -1.93. The van der Waals surface area contributed by atoms with Crippen molar-refractivity contribution in [2.45, 2.75) is 51.0 Å². The van der Waals surface area contributed by atoms with E-state index in [4.69, 9.17) is 14.2 Å². The molecule has 142 valence electrons. The van der Waals surface area contributed by atoms with Crippen LogP contribution in [0.1, 0.15) is 52.9 Å². The SMILES string of the molecule is COC(=O)c1c(NC(=O)COC(=O)[C@H]2CCCO2)sc2c1CCCCC2. The first kappa shape index (κ1) is 18.8. The van der Waals surface area contributed by atoms with Gasteiger partial charge in [0.25, 0.3) is 5.91 Å². The Morgan fingerprint density at radius 2 is 2.00 bits per heavy atom. The van der Waals surface area contributed by atoms with Gasteiger partial charge in [-0.1, -0.05) is 6.42 Å². The number of carbonyl (C=O) groups is 3. The summed E-state index contributed by atoms with van der Waals surface area (Å²) in [4.78, 5) is 37.4. The Bertz CT molecular complexity index is 692. The highest BCUT2D eigenvalue weighted by Crippen LogP contribution is 2.37. The molecule has 1 atom stereocenters. The molecule has 1 N–H and O–H groups in total. The molecule has 8 heteroatoms. The number of thiophene rings is 1. The van der Waals surface area contributed by atoms with E-state index >= 15 is 0 Å². The van der Waals surface area contributed by atoms with Crippen LogP contribution in [0.5, 0.6) is 0 Å². The molecule has 0 radical (unpaired) electrons. The lowest BCUT2D eigenvalue weighted by atomic mass is 10.1. The normalized spacial score (nSPS) is 19.3. The summed E-state index contributed by atoms with van der Waals surface area (Å²) in [5.74, 6) is -1.44. The Labute approximate surface area is 156 Å². The molecule has 3 rings (SSSR count). The molecule has 26 heavy (non-hydrogen) atoms. The summed E-state index contributed by atoms with van der Waals surface area (Å²) in [7, 11) is 1.33. The smallest absolute Gasteiger partial charge is 0.341 e. The molecule has 2 aliphatic rings. The Morgan fingerprint density at radius 1 is 1.19 bits per heavy atom. The van der Waals surface area contributed by atoms with E-state index in [0.717, 1.165) is 49.0 Å². The van der Waals surface area contributed by atoms with Crippen LogP contribution in [-0.2, 0) is 36.6 Å². The van der Waals surface area contributed by atoms with Gasteiger partial charge in [0.05, 0.1) is 12.7 Å². The van der Waals surface area contributed by atoms with Crippen LogP contribution in [0, 0.1) is 0 Å². The number of fused-ring (bicyclic) bond motifs is 1. The van der Waals surface area contributed by atoms with Gasteiger partial charge in [-0.3, -0.25) is 4.79 Å². The highest BCUT2D eigenvalue weighted by molar-refractivity contribution is 7.17. The molecule has 0 spiro atoms. The maximum absolute atomic E-state index is 12.2. The second kappa shape index (κ2) is 8.64. The van der Waals surface area contributed by atoms with Crippen molar-refractivity contribution >= 4 is 34.2 Å². The van der Waals surface area contributed by atoms with Crippen LogP contribution in [0.4, 0.5) is 5.00 Å². The van der Waals surface area contributed by atoms with Crippen LogP contribution >= 0.6 is 11.3 Å². The Kier molecular flexibility index (Phi) is 6.26. The number of methoxy groups -OCH3 is 1. The van der Waals surface area contributed by atoms with Gasteiger partial charge in [0.15, 0.2) is 12.7 Å². The summed E-state index contributed by atoms with van der Waals surface area (Å²) in [6, 6.07) is 0. The van der Waals surface area contributed by atoms with Crippen LogP contribution in [0.3, 0.4) is 0 Å². The molecule has 0 saturated carbocycles. The Balaban J connectivity index is 1.67. The molecule has 1 aliphatic heterocycles. The minimum Gasteiger partial charge on any atom is -0.465 e. The number of carbonyl (C=O) groups excluding carboxylic acids is 3. The predicted octanol–water partition coefficient (Wildman–Crippen LogP) is 2.46. The maximum Gasteiger partial charge on any atom is 0.341 e. The van der Waals surface area contributed by atoms with Crippen molar-refractivity contribution in [2.75, 3.05) is 25.6 Å². The number of hydrogen-bond donors (Lipinski definition) is 1. The molecule has 0 aromatic carbocycles. The number of amides is 1. The van der Waals surface area contributed by atoms with Crippen LogP contribution < -0.4 is 5.32 Å². The van der Waals surface area contributed by atoms with Crippen LogP contribution in [0.15, 0.2) is 0 Å². The molecule has 1 aromatic rings. The number of hydrogen-bond acceptors (Lipinski definition) is 7. The van der Waals surface area contributed by atoms with Crippen molar-refractivity contribution in [2.24, 2.45) is 0 Å². The third-order valence-corrected chi connectivity index (χ3v) is 5.81. The van der Waals surface area contributed by atoms with Gasteiger partial charge in [-0.15, -0.1) is 11.3 Å². The lowest BCUT2D eigenvalue weighted by Crippen LogP contribution is -2.27. The monoisotopic (exact) mass is 381 g/mol. The highest BCUT2D eigenvalue weighted by Gasteiger charge is 2.28. The Morgan fingerprint density at radius 3 is 2.73 bits per heavy atom. The number of ether oxygens (including phenoxy) is 3. The van der Waals surface area contributed by atoms with Gasteiger partial charge in [0, 0.05) is 11.5 Å². The topological polar surface area (TPSA) is 90.9 Å². The zero-order valence-corrected chi connectivity index (χ0v) is 15.6. The van der Waals surface area contributed by atoms with Crippen molar-refractivity contribution < 1.29 is 28.6 Å². The molecule has 7 nitrogen and oxygen atoms in total. The fourth-order valence-electron chi connectivity index (χ4n) is 3.30. The molecular weight excluding hydrogens is 358 g/mol. The van der Waals surface area contributed by atoms with Crippen LogP contribution in [0.25, 0.3) is 0 Å². The van der Waals surface area contributed by atoms with Crippen molar-refractivity contribution in [3.05, 3.63) is 16.0 Å². The first-order chi connectivity index (χ1) is 12.6. The quantitative estimate of drug-likeness (QED) is 0.622. The third-order valence-electron chi connectivity index (χ3n) is 4.60. The molecule has 2 heterocycles. The van der Waals surface area contributed by atoms with Crippen molar-refractivity contribution in [1.29, 1.82) is 0 Å². The molecule has 1 aromatic heterocycles. The lowest BCUT2D eigenvalue weighted by Gasteiger charge is -2.10. The standard InChI is InChI=1S/C18H23NO6S/c1-23-18(22)15-11-6-3-2-4-8-13(11)26-16(15)19-14(20)10-25-17(21)12-7-5-9-24-12/h12H,2-10H2,1H3,(H,19,20)/t12-/m1/s1. The fourth-order valence-corrected chi connectivity index (χ4v) is 4.60. The number of rotatable bonds is 5. The third kappa shape index (κ3) is 4.24. The van der Waals surface area contributed by atoms with E-state index in [0.29, 0.717) is 23.6 Å². The molecular formula is C18H23NO6S. The van der Waals surface area contributed by atoms with E-state index in [1.807, 2.05) is 0 Å².